The smallest absolute Gasteiger partial charge is 0.118 e. The second-order valence-corrected chi connectivity index (χ2v) is 4.11. The summed E-state index contributed by atoms with van der Waals surface area (Å²) in [5, 5.41) is 26.1. The van der Waals surface area contributed by atoms with Gasteiger partial charge in [0.1, 0.15) is 11.4 Å². The highest BCUT2D eigenvalue weighted by Crippen LogP contribution is 2.16. The van der Waals surface area contributed by atoms with Gasteiger partial charge in [-0.15, -0.1) is 5.10 Å². The van der Waals surface area contributed by atoms with Crippen LogP contribution >= 0.6 is 0 Å². The maximum Gasteiger partial charge on any atom is 0.118 e. The van der Waals surface area contributed by atoms with Gasteiger partial charge in [0.05, 0.1) is 32.6 Å². The summed E-state index contributed by atoms with van der Waals surface area (Å²) in [7, 11) is 1.62. The van der Waals surface area contributed by atoms with Gasteiger partial charge in [-0.1, -0.05) is 17.3 Å². The highest BCUT2D eigenvalue weighted by Gasteiger charge is 2.12. The molecule has 19 heavy (non-hydrogen) atoms. The van der Waals surface area contributed by atoms with Crippen LogP contribution in [-0.2, 0) is 19.6 Å². The van der Waals surface area contributed by atoms with Gasteiger partial charge in [-0.2, -0.15) is 0 Å². The highest BCUT2D eigenvalue weighted by molar-refractivity contribution is 5.30. The van der Waals surface area contributed by atoms with Gasteiger partial charge in [0.2, 0.25) is 0 Å². The van der Waals surface area contributed by atoms with Gasteiger partial charge in [0.25, 0.3) is 0 Å². The fourth-order valence-corrected chi connectivity index (χ4v) is 1.90. The van der Waals surface area contributed by atoms with E-state index in [9.17, 15) is 5.11 Å². The molecule has 0 bridgehead atoms. The van der Waals surface area contributed by atoms with Crippen molar-refractivity contribution in [3.8, 4) is 5.75 Å². The van der Waals surface area contributed by atoms with Crippen LogP contribution in [0.2, 0.25) is 0 Å². The van der Waals surface area contributed by atoms with E-state index in [0.717, 1.165) is 17.0 Å². The molecule has 0 aliphatic heterocycles. The Kier molecular flexibility index (Phi) is 4.48. The van der Waals surface area contributed by atoms with Crippen LogP contribution in [0.1, 0.15) is 17.0 Å². The molecule has 0 aliphatic rings. The second kappa shape index (κ2) is 6.31. The average molecular weight is 263 g/mol. The molecular formula is C13H17N3O3. The quantitative estimate of drug-likeness (QED) is 0.786. The molecule has 0 spiro atoms. The van der Waals surface area contributed by atoms with Crippen molar-refractivity contribution in [2.45, 2.75) is 19.6 Å². The Morgan fingerprint density at radius 2 is 1.95 bits per heavy atom. The molecule has 0 aliphatic carbocycles. The fraction of sp³-hybridized carbons (Fsp3) is 0.385. The Morgan fingerprint density at radius 1 is 1.21 bits per heavy atom. The van der Waals surface area contributed by atoms with Crippen molar-refractivity contribution in [2.75, 3.05) is 13.7 Å². The molecule has 2 aromatic rings. The van der Waals surface area contributed by atoms with Crippen molar-refractivity contribution >= 4 is 0 Å². The Morgan fingerprint density at radius 3 is 2.53 bits per heavy atom. The molecule has 2 N–H and O–H groups in total. The van der Waals surface area contributed by atoms with E-state index < -0.39 is 0 Å². The summed E-state index contributed by atoms with van der Waals surface area (Å²) >= 11 is 0. The first kappa shape index (κ1) is 13.5. The van der Waals surface area contributed by atoms with Crippen molar-refractivity contribution in [1.82, 2.24) is 15.0 Å². The van der Waals surface area contributed by atoms with Gasteiger partial charge in [-0.3, -0.25) is 0 Å². The van der Waals surface area contributed by atoms with E-state index in [2.05, 4.69) is 10.3 Å². The molecule has 0 unspecified atom stereocenters. The van der Waals surface area contributed by atoms with Crippen LogP contribution in [0.15, 0.2) is 24.3 Å². The van der Waals surface area contributed by atoms with Gasteiger partial charge in [-0.05, 0) is 17.7 Å². The lowest BCUT2D eigenvalue weighted by Crippen LogP contribution is -2.09. The molecule has 1 aromatic carbocycles. The zero-order chi connectivity index (χ0) is 13.7. The molecule has 0 amide bonds. The molecule has 1 aromatic heterocycles. The first-order valence-electron chi connectivity index (χ1n) is 6.04. The lowest BCUT2D eigenvalue weighted by atomic mass is 10.1. The zero-order valence-electron chi connectivity index (χ0n) is 10.8. The van der Waals surface area contributed by atoms with Crippen molar-refractivity contribution in [2.24, 2.45) is 0 Å². The molecule has 0 radical (unpaired) electrons. The van der Waals surface area contributed by atoms with Crippen LogP contribution < -0.4 is 4.74 Å². The normalized spacial score (nSPS) is 10.7. The number of aliphatic hydroxyl groups excluding tert-OH is 2. The largest absolute Gasteiger partial charge is 0.497 e. The first-order valence-corrected chi connectivity index (χ1v) is 6.04. The molecule has 2 rings (SSSR count). The number of nitrogens with zero attached hydrogens (tertiary/aromatic N) is 3. The van der Waals surface area contributed by atoms with E-state index in [1.54, 1.807) is 11.8 Å². The molecular weight excluding hydrogens is 246 g/mol. The van der Waals surface area contributed by atoms with E-state index in [1.165, 1.54) is 0 Å². The van der Waals surface area contributed by atoms with Crippen molar-refractivity contribution in [1.29, 1.82) is 0 Å². The molecule has 1 heterocycles. The number of rotatable bonds is 6. The summed E-state index contributed by atoms with van der Waals surface area (Å²) in [6, 6.07) is 7.68. The molecule has 0 fully saturated rings. The molecule has 0 saturated heterocycles. The summed E-state index contributed by atoms with van der Waals surface area (Å²) in [5.41, 5.74) is 2.43. The van der Waals surface area contributed by atoms with Crippen molar-refractivity contribution in [3.05, 3.63) is 41.2 Å². The van der Waals surface area contributed by atoms with E-state index in [4.69, 9.17) is 9.84 Å². The average Bonchev–Trinajstić information content (AvgIpc) is 2.82. The van der Waals surface area contributed by atoms with Crippen LogP contribution in [0, 0.1) is 0 Å². The maximum absolute atomic E-state index is 9.26. The number of ether oxygens (including phenoxy) is 1. The minimum Gasteiger partial charge on any atom is -0.497 e. The van der Waals surface area contributed by atoms with Crippen LogP contribution in [-0.4, -0.2) is 38.9 Å². The van der Waals surface area contributed by atoms with Crippen molar-refractivity contribution in [3.63, 3.8) is 0 Å². The molecule has 102 valence electrons. The van der Waals surface area contributed by atoms with E-state index in [-0.39, 0.29) is 13.2 Å². The Labute approximate surface area is 111 Å². The summed E-state index contributed by atoms with van der Waals surface area (Å²) in [6.07, 6.45) is 0.604. The molecule has 6 nitrogen and oxygen atoms in total. The van der Waals surface area contributed by atoms with E-state index in [0.29, 0.717) is 18.7 Å². The number of hydrogen-bond donors (Lipinski definition) is 2. The Bertz CT molecular complexity index is 522. The predicted molar refractivity (Wildman–Crippen MR) is 68.8 cm³/mol. The molecule has 0 saturated carbocycles. The summed E-state index contributed by atoms with van der Waals surface area (Å²) < 4.78 is 6.73. The number of hydrogen-bond acceptors (Lipinski definition) is 5. The number of aliphatic hydroxyl groups is 2. The van der Waals surface area contributed by atoms with Crippen molar-refractivity contribution < 1.29 is 14.9 Å². The summed E-state index contributed by atoms with van der Waals surface area (Å²) in [5.74, 6) is 0.799. The van der Waals surface area contributed by atoms with E-state index in [1.807, 2.05) is 24.3 Å². The number of benzene rings is 1. The van der Waals surface area contributed by atoms with Crippen LogP contribution in [0.5, 0.6) is 5.75 Å². The highest BCUT2D eigenvalue weighted by atomic mass is 16.5. The minimum absolute atomic E-state index is 0.0101. The SMILES string of the molecule is COc1ccc(Cc2c(CO)nnn2CCO)cc1. The third kappa shape index (κ3) is 3.10. The topological polar surface area (TPSA) is 80.4 Å². The van der Waals surface area contributed by atoms with Crippen LogP contribution in [0.3, 0.4) is 0 Å². The Balaban J connectivity index is 2.22. The van der Waals surface area contributed by atoms with Crippen LogP contribution in [0.25, 0.3) is 0 Å². The lowest BCUT2D eigenvalue weighted by Gasteiger charge is -2.07. The Hall–Kier alpha value is -1.92. The maximum atomic E-state index is 9.26. The fourth-order valence-electron chi connectivity index (χ4n) is 1.90. The van der Waals surface area contributed by atoms with Gasteiger partial charge in [0, 0.05) is 6.42 Å². The van der Waals surface area contributed by atoms with Gasteiger partial charge in [-0.25, -0.2) is 4.68 Å². The molecule has 0 atom stereocenters. The minimum atomic E-state index is -0.156. The monoisotopic (exact) mass is 263 g/mol. The third-order valence-electron chi connectivity index (χ3n) is 2.91. The van der Waals surface area contributed by atoms with Crippen LogP contribution in [0.4, 0.5) is 0 Å². The van der Waals surface area contributed by atoms with Gasteiger partial charge < -0.3 is 14.9 Å². The second-order valence-electron chi connectivity index (χ2n) is 4.11. The van der Waals surface area contributed by atoms with Gasteiger partial charge in [0.15, 0.2) is 0 Å². The number of methoxy groups -OCH3 is 1. The van der Waals surface area contributed by atoms with Gasteiger partial charge >= 0.3 is 0 Å². The first-order chi connectivity index (χ1) is 9.28. The zero-order valence-corrected chi connectivity index (χ0v) is 10.8. The standard InChI is InChI=1S/C13H17N3O3/c1-19-11-4-2-10(3-5-11)8-13-12(9-18)14-15-16(13)6-7-17/h2-5,17-18H,6-9H2,1H3. The number of aromatic nitrogens is 3. The third-order valence-corrected chi connectivity index (χ3v) is 2.91. The lowest BCUT2D eigenvalue weighted by molar-refractivity contribution is 0.265. The van der Waals surface area contributed by atoms with E-state index >= 15 is 0 Å². The predicted octanol–water partition coefficient (Wildman–Crippen LogP) is 0.362. The summed E-state index contributed by atoms with van der Waals surface area (Å²) in [6.45, 7) is 0.208. The molecule has 6 heteroatoms. The summed E-state index contributed by atoms with van der Waals surface area (Å²) in [4.78, 5) is 0.